The molecule has 0 bridgehead atoms. The van der Waals surface area contributed by atoms with E-state index in [0.717, 1.165) is 0 Å². The first kappa shape index (κ1) is 19.2. The lowest BCUT2D eigenvalue weighted by molar-refractivity contribution is -0.285. The van der Waals surface area contributed by atoms with E-state index < -0.39 is 43.3 Å². The van der Waals surface area contributed by atoms with Crippen molar-refractivity contribution in [2.45, 2.75) is 30.7 Å². The number of ether oxygens (including phenoxy) is 3. The maximum Gasteiger partial charge on any atom is 0.343 e. The van der Waals surface area contributed by atoms with Gasteiger partial charge in [-0.1, -0.05) is 23.2 Å². The Morgan fingerprint density at radius 3 is 2.42 bits per heavy atom. The SMILES string of the molecule is COc1c(Cl)ccc(Cl)c1C(=O)O[C@H]1[C@H](O)[C@@H](O)[C@@H](O)O[C@@H]1CO. The summed E-state index contributed by atoms with van der Waals surface area (Å²) in [4.78, 5) is 12.4. The largest absolute Gasteiger partial charge is 0.494 e. The fourth-order valence-electron chi connectivity index (χ4n) is 2.32. The van der Waals surface area contributed by atoms with E-state index in [1.165, 1.54) is 19.2 Å². The van der Waals surface area contributed by atoms with Crippen LogP contribution >= 0.6 is 23.2 Å². The molecule has 1 fully saturated rings. The van der Waals surface area contributed by atoms with E-state index in [-0.39, 0.29) is 21.4 Å². The second-order valence-corrected chi connectivity index (χ2v) is 5.85. The van der Waals surface area contributed by atoms with Gasteiger partial charge in [-0.3, -0.25) is 0 Å². The zero-order valence-corrected chi connectivity index (χ0v) is 13.9. The molecule has 0 spiro atoms. The molecular weight excluding hydrogens is 367 g/mol. The van der Waals surface area contributed by atoms with Gasteiger partial charge in [0.2, 0.25) is 0 Å². The Kier molecular flexibility index (Phi) is 6.27. The number of aliphatic hydroxyl groups excluding tert-OH is 4. The van der Waals surface area contributed by atoms with Crippen molar-refractivity contribution in [2.24, 2.45) is 0 Å². The number of carbonyl (C=O) groups excluding carboxylic acids is 1. The molecule has 0 saturated carbocycles. The van der Waals surface area contributed by atoms with E-state index in [1.807, 2.05) is 0 Å². The van der Waals surface area contributed by atoms with Crippen LogP contribution in [0.3, 0.4) is 0 Å². The highest BCUT2D eigenvalue weighted by Gasteiger charge is 2.46. The van der Waals surface area contributed by atoms with E-state index in [0.29, 0.717) is 0 Å². The molecule has 1 saturated heterocycles. The van der Waals surface area contributed by atoms with Crippen molar-refractivity contribution in [1.82, 2.24) is 0 Å². The zero-order chi connectivity index (χ0) is 18.0. The standard InChI is InChI=1S/C14H16Cl2O8/c1-22-11-6(16)3-2-5(15)8(11)13(20)24-12-7(4-17)23-14(21)10(19)9(12)18/h2-3,7,9-10,12,14,17-19,21H,4H2,1H3/t7-,9-,10-,12-,14+/m1/s1. The van der Waals surface area contributed by atoms with Crippen molar-refractivity contribution in [2.75, 3.05) is 13.7 Å². The van der Waals surface area contributed by atoms with Crippen LogP contribution in [-0.4, -0.2) is 70.8 Å². The Labute approximate surface area is 147 Å². The van der Waals surface area contributed by atoms with Gasteiger partial charge in [-0.05, 0) is 12.1 Å². The number of hydrogen-bond donors (Lipinski definition) is 4. The highest BCUT2D eigenvalue weighted by molar-refractivity contribution is 6.37. The summed E-state index contributed by atoms with van der Waals surface area (Å²) >= 11 is 11.9. The number of aliphatic hydroxyl groups is 4. The van der Waals surface area contributed by atoms with Crippen LogP contribution in [0.1, 0.15) is 10.4 Å². The topological polar surface area (TPSA) is 126 Å². The summed E-state index contributed by atoms with van der Waals surface area (Å²) in [5, 5.41) is 38.5. The van der Waals surface area contributed by atoms with Crippen molar-refractivity contribution < 1.29 is 39.4 Å². The van der Waals surface area contributed by atoms with Crippen molar-refractivity contribution in [3.8, 4) is 5.75 Å². The van der Waals surface area contributed by atoms with Gasteiger partial charge >= 0.3 is 5.97 Å². The molecule has 0 aliphatic carbocycles. The van der Waals surface area contributed by atoms with Crippen LogP contribution < -0.4 is 4.74 Å². The summed E-state index contributed by atoms with van der Waals surface area (Å²) in [6, 6.07) is 2.79. The summed E-state index contributed by atoms with van der Waals surface area (Å²) in [6.07, 6.45) is -7.82. The van der Waals surface area contributed by atoms with Gasteiger partial charge in [0.1, 0.15) is 23.9 Å². The van der Waals surface area contributed by atoms with Crippen LogP contribution in [0.2, 0.25) is 10.0 Å². The first-order valence-electron chi connectivity index (χ1n) is 6.85. The minimum atomic E-state index is -1.73. The molecule has 2 rings (SSSR count). The van der Waals surface area contributed by atoms with Crippen LogP contribution in [0.25, 0.3) is 0 Å². The number of rotatable bonds is 4. The van der Waals surface area contributed by atoms with E-state index in [9.17, 15) is 25.2 Å². The highest BCUT2D eigenvalue weighted by atomic mass is 35.5. The molecule has 134 valence electrons. The minimum absolute atomic E-state index is 0.00593. The molecule has 24 heavy (non-hydrogen) atoms. The van der Waals surface area contributed by atoms with Gasteiger partial charge in [0, 0.05) is 0 Å². The second kappa shape index (κ2) is 7.83. The third kappa shape index (κ3) is 3.60. The summed E-state index contributed by atoms with van der Waals surface area (Å²) in [7, 11) is 1.28. The lowest BCUT2D eigenvalue weighted by Gasteiger charge is -2.39. The number of hydrogen-bond acceptors (Lipinski definition) is 8. The summed E-state index contributed by atoms with van der Waals surface area (Å²) in [5.74, 6) is -1.03. The smallest absolute Gasteiger partial charge is 0.343 e. The first-order chi connectivity index (χ1) is 11.3. The van der Waals surface area contributed by atoms with Crippen LogP contribution in [0.4, 0.5) is 0 Å². The molecule has 10 heteroatoms. The molecule has 0 radical (unpaired) electrons. The molecule has 1 heterocycles. The predicted molar refractivity (Wildman–Crippen MR) is 82.2 cm³/mol. The molecule has 1 aliphatic heterocycles. The van der Waals surface area contributed by atoms with Gasteiger partial charge in [-0.2, -0.15) is 0 Å². The van der Waals surface area contributed by atoms with Crippen molar-refractivity contribution in [3.05, 3.63) is 27.7 Å². The van der Waals surface area contributed by atoms with Gasteiger partial charge in [-0.25, -0.2) is 4.79 Å². The molecule has 1 aliphatic rings. The Morgan fingerprint density at radius 1 is 1.21 bits per heavy atom. The van der Waals surface area contributed by atoms with E-state index >= 15 is 0 Å². The monoisotopic (exact) mass is 382 g/mol. The zero-order valence-electron chi connectivity index (χ0n) is 12.4. The Morgan fingerprint density at radius 2 is 1.83 bits per heavy atom. The fraction of sp³-hybridized carbons (Fsp3) is 0.500. The maximum absolute atomic E-state index is 12.4. The summed E-state index contributed by atoms with van der Waals surface area (Å²) in [5.41, 5.74) is -0.184. The Hall–Kier alpha value is -1.13. The van der Waals surface area contributed by atoms with Gasteiger partial charge in [-0.15, -0.1) is 0 Å². The van der Waals surface area contributed by atoms with Crippen LogP contribution in [-0.2, 0) is 9.47 Å². The van der Waals surface area contributed by atoms with Gasteiger partial charge in [0.15, 0.2) is 18.1 Å². The molecule has 0 amide bonds. The number of benzene rings is 1. The maximum atomic E-state index is 12.4. The molecule has 0 unspecified atom stereocenters. The van der Waals surface area contributed by atoms with E-state index in [4.69, 9.17) is 37.4 Å². The van der Waals surface area contributed by atoms with Crippen molar-refractivity contribution in [1.29, 1.82) is 0 Å². The third-order valence-corrected chi connectivity index (χ3v) is 4.16. The molecular formula is C14H16Cl2O8. The Bertz CT molecular complexity index is 609. The van der Waals surface area contributed by atoms with Crippen molar-refractivity contribution >= 4 is 29.2 Å². The molecule has 8 nitrogen and oxygen atoms in total. The molecule has 5 atom stereocenters. The molecule has 0 aromatic heterocycles. The van der Waals surface area contributed by atoms with Crippen LogP contribution in [0.15, 0.2) is 12.1 Å². The predicted octanol–water partition coefficient (Wildman–Crippen LogP) is -0.0413. The van der Waals surface area contributed by atoms with E-state index in [1.54, 1.807) is 0 Å². The second-order valence-electron chi connectivity index (χ2n) is 5.04. The summed E-state index contributed by atoms with van der Waals surface area (Å²) < 4.78 is 15.1. The number of methoxy groups -OCH3 is 1. The lowest BCUT2D eigenvalue weighted by Crippen LogP contribution is -2.59. The van der Waals surface area contributed by atoms with Crippen LogP contribution in [0, 0.1) is 0 Å². The van der Waals surface area contributed by atoms with Gasteiger partial charge in [0.05, 0.1) is 23.8 Å². The molecule has 4 N–H and O–H groups in total. The molecule has 1 aromatic rings. The third-order valence-electron chi connectivity index (χ3n) is 3.55. The fourth-order valence-corrected chi connectivity index (χ4v) is 2.78. The molecule has 1 aromatic carbocycles. The Balaban J connectivity index is 2.30. The van der Waals surface area contributed by atoms with Crippen molar-refractivity contribution in [3.63, 3.8) is 0 Å². The average Bonchev–Trinajstić information content (AvgIpc) is 2.56. The van der Waals surface area contributed by atoms with Gasteiger partial charge in [0.25, 0.3) is 0 Å². The average molecular weight is 383 g/mol. The lowest BCUT2D eigenvalue weighted by atomic mass is 9.99. The normalized spacial score (nSPS) is 30.0. The van der Waals surface area contributed by atoms with Crippen LogP contribution in [0.5, 0.6) is 5.75 Å². The summed E-state index contributed by atoms with van der Waals surface area (Å²) in [6.45, 7) is -0.667. The number of halogens is 2. The van der Waals surface area contributed by atoms with E-state index in [2.05, 4.69) is 0 Å². The first-order valence-corrected chi connectivity index (χ1v) is 7.60. The van der Waals surface area contributed by atoms with Gasteiger partial charge < -0.3 is 34.6 Å². The number of carbonyl (C=O) groups is 1. The highest BCUT2D eigenvalue weighted by Crippen LogP contribution is 2.35. The quantitative estimate of drug-likeness (QED) is 0.534. The number of esters is 1. The minimum Gasteiger partial charge on any atom is -0.494 e.